The van der Waals surface area contributed by atoms with Crippen LogP contribution < -0.4 is 11.3 Å². The van der Waals surface area contributed by atoms with Crippen LogP contribution >= 0.6 is 11.8 Å². The minimum Gasteiger partial charge on any atom is -0.315 e. The number of rotatable bonds is 4. The van der Waals surface area contributed by atoms with Gasteiger partial charge in [-0.1, -0.05) is 13.8 Å². The summed E-state index contributed by atoms with van der Waals surface area (Å²) in [5.41, 5.74) is 1.90. The maximum atomic E-state index is 12.3. The van der Waals surface area contributed by atoms with Gasteiger partial charge in [-0.2, -0.15) is 5.26 Å². The summed E-state index contributed by atoms with van der Waals surface area (Å²) >= 11 is 1.60. The van der Waals surface area contributed by atoms with E-state index in [0.29, 0.717) is 24.5 Å². The summed E-state index contributed by atoms with van der Waals surface area (Å²) in [7, 11) is 0. The summed E-state index contributed by atoms with van der Waals surface area (Å²) in [5.74, 6) is 6.71. The molecule has 0 aromatic heterocycles. The number of hydrogen-bond acceptors (Lipinski definition) is 5. The van der Waals surface area contributed by atoms with Crippen molar-refractivity contribution in [3.8, 4) is 6.07 Å². The molecule has 0 aromatic rings. The van der Waals surface area contributed by atoms with Crippen molar-refractivity contribution < 1.29 is 4.79 Å². The van der Waals surface area contributed by atoms with Gasteiger partial charge in [-0.05, 0) is 12.8 Å². The van der Waals surface area contributed by atoms with E-state index < -0.39 is 5.54 Å². The van der Waals surface area contributed by atoms with Crippen molar-refractivity contribution in [1.82, 2.24) is 10.3 Å². The van der Waals surface area contributed by atoms with Gasteiger partial charge in [-0.25, -0.2) is 5.43 Å². The molecule has 1 amide bonds. The first-order valence-electron chi connectivity index (χ1n) is 5.41. The second-order valence-electron chi connectivity index (χ2n) is 3.85. The predicted octanol–water partition coefficient (Wildman–Crippen LogP) is 0.434. The van der Waals surface area contributed by atoms with E-state index in [1.54, 1.807) is 16.7 Å². The van der Waals surface area contributed by atoms with Crippen LogP contribution in [0.4, 0.5) is 0 Å². The molecule has 1 aliphatic heterocycles. The lowest BCUT2D eigenvalue weighted by Gasteiger charge is -2.34. The van der Waals surface area contributed by atoms with Gasteiger partial charge < -0.3 is 4.90 Å². The largest absolute Gasteiger partial charge is 0.315 e. The number of carbonyl (C=O) groups is 1. The van der Waals surface area contributed by atoms with Crippen molar-refractivity contribution in [1.29, 1.82) is 5.26 Å². The SMILES string of the molecule is CCC(CC)(NN)C(=O)N1CSCC1C#N. The minimum absolute atomic E-state index is 0.0587. The van der Waals surface area contributed by atoms with Crippen LogP contribution in [0.2, 0.25) is 0 Å². The van der Waals surface area contributed by atoms with Crippen molar-refractivity contribution in [2.24, 2.45) is 5.84 Å². The van der Waals surface area contributed by atoms with Gasteiger partial charge in [0.15, 0.2) is 0 Å². The fourth-order valence-electron chi connectivity index (χ4n) is 1.84. The van der Waals surface area contributed by atoms with Gasteiger partial charge in [0.05, 0.1) is 11.9 Å². The molecule has 5 nitrogen and oxygen atoms in total. The summed E-state index contributed by atoms with van der Waals surface area (Å²) < 4.78 is 0. The van der Waals surface area contributed by atoms with Gasteiger partial charge in [-0.15, -0.1) is 11.8 Å². The van der Waals surface area contributed by atoms with Crippen molar-refractivity contribution in [2.75, 3.05) is 11.6 Å². The maximum Gasteiger partial charge on any atom is 0.245 e. The van der Waals surface area contributed by atoms with Crippen LogP contribution in [-0.2, 0) is 4.79 Å². The highest BCUT2D eigenvalue weighted by atomic mass is 32.2. The molecular formula is C10H18N4OS. The summed E-state index contributed by atoms with van der Waals surface area (Å²) in [4.78, 5) is 14.0. The number of nitriles is 1. The van der Waals surface area contributed by atoms with Gasteiger partial charge in [0.2, 0.25) is 5.91 Å². The molecule has 1 fully saturated rings. The average molecular weight is 242 g/mol. The molecule has 3 N–H and O–H groups in total. The average Bonchev–Trinajstić information content (AvgIpc) is 2.79. The Balaban J connectivity index is 2.87. The molecule has 1 atom stereocenters. The molecular weight excluding hydrogens is 224 g/mol. The lowest BCUT2D eigenvalue weighted by atomic mass is 9.91. The first kappa shape index (κ1) is 13.3. The van der Waals surface area contributed by atoms with Crippen LogP contribution in [0.15, 0.2) is 0 Å². The van der Waals surface area contributed by atoms with E-state index in [1.165, 1.54) is 0 Å². The molecule has 6 heteroatoms. The van der Waals surface area contributed by atoms with Crippen LogP contribution in [0.5, 0.6) is 0 Å². The van der Waals surface area contributed by atoms with Gasteiger partial charge in [0, 0.05) is 5.75 Å². The van der Waals surface area contributed by atoms with Crippen LogP contribution in [0, 0.1) is 11.3 Å². The molecule has 0 radical (unpaired) electrons. The second-order valence-corrected chi connectivity index (χ2v) is 4.85. The van der Waals surface area contributed by atoms with E-state index in [9.17, 15) is 4.79 Å². The van der Waals surface area contributed by atoms with Crippen molar-refractivity contribution in [3.05, 3.63) is 0 Å². The Labute approximate surface area is 100 Å². The number of thioether (sulfide) groups is 1. The normalized spacial score (nSPS) is 20.9. The molecule has 0 aliphatic carbocycles. The molecule has 1 aliphatic rings. The highest BCUT2D eigenvalue weighted by molar-refractivity contribution is 7.99. The molecule has 0 spiro atoms. The molecule has 1 heterocycles. The van der Waals surface area contributed by atoms with Crippen LogP contribution in [0.25, 0.3) is 0 Å². The summed E-state index contributed by atoms with van der Waals surface area (Å²) in [5, 5.41) is 8.96. The van der Waals surface area contributed by atoms with E-state index in [4.69, 9.17) is 11.1 Å². The highest BCUT2D eigenvalue weighted by Crippen LogP contribution is 2.26. The van der Waals surface area contributed by atoms with E-state index in [0.717, 1.165) is 0 Å². The Bertz CT molecular complexity index is 289. The summed E-state index contributed by atoms with van der Waals surface area (Å²) in [6.07, 6.45) is 1.25. The quantitative estimate of drug-likeness (QED) is 0.552. The summed E-state index contributed by atoms with van der Waals surface area (Å²) in [6, 6.07) is 1.84. The first-order chi connectivity index (χ1) is 7.65. The van der Waals surface area contributed by atoms with E-state index >= 15 is 0 Å². The number of hydrazine groups is 1. The second kappa shape index (κ2) is 5.53. The van der Waals surface area contributed by atoms with E-state index in [1.807, 2.05) is 13.8 Å². The molecule has 1 saturated heterocycles. The summed E-state index contributed by atoms with van der Waals surface area (Å²) in [6.45, 7) is 3.84. The lowest BCUT2D eigenvalue weighted by molar-refractivity contribution is -0.138. The maximum absolute atomic E-state index is 12.3. The monoisotopic (exact) mass is 242 g/mol. The van der Waals surface area contributed by atoms with Crippen LogP contribution in [0.3, 0.4) is 0 Å². The number of nitrogens with zero attached hydrogens (tertiary/aromatic N) is 2. The standard InChI is InChI=1S/C10H18N4OS/c1-3-10(4-2,13-12)9(15)14-7-16-6-8(14)5-11/h8,13H,3-4,6-7,12H2,1-2H3. The topological polar surface area (TPSA) is 82.2 Å². The Morgan fingerprint density at radius 2 is 2.31 bits per heavy atom. The Morgan fingerprint density at radius 1 is 1.69 bits per heavy atom. The van der Waals surface area contributed by atoms with Crippen molar-refractivity contribution >= 4 is 17.7 Å². The minimum atomic E-state index is -0.722. The number of nitrogens with one attached hydrogen (secondary N) is 1. The molecule has 90 valence electrons. The lowest BCUT2D eigenvalue weighted by Crippen LogP contribution is -2.60. The Kier molecular flexibility index (Phi) is 4.59. The van der Waals surface area contributed by atoms with Gasteiger partial charge in [-0.3, -0.25) is 10.6 Å². The fraction of sp³-hybridized carbons (Fsp3) is 0.800. The third-order valence-electron chi connectivity index (χ3n) is 3.18. The third kappa shape index (κ3) is 2.17. The first-order valence-corrected chi connectivity index (χ1v) is 6.56. The Hall–Kier alpha value is -0.770. The number of carbonyl (C=O) groups excluding carboxylic acids is 1. The smallest absolute Gasteiger partial charge is 0.245 e. The predicted molar refractivity (Wildman–Crippen MR) is 64.2 cm³/mol. The van der Waals surface area contributed by atoms with E-state index in [-0.39, 0.29) is 11.9 Å². The molecule has 1 unspecified atom stereocenters. The molecule has 1 rings (SSSR count). The van der Waals surface area contributed by atoms with Crippen LogP contribution in [-0.4, -0.2) is 34.0 Å². The zero-order valence-corrected chi connectivity index (χ0v) is 10.5. The zero-order chi connectivity index (χ0) is 12.2. The zero-order valence-electron chi connectivity index (χ0n) is 9.69. The van der Waals surface area contributed by atoms with Crippen molar-refractivity contribution in [3.63, 3.8) is 0 Å². The highest BCUT2D eigenvalue weighted by Gasteiger charge is 2.41. The van der Waals surface area contributed by atoms with Gasteiger partial charge in [0.1, 0.15) is 11.6 Å². The van der Waals surface area contributed by atoms with E-state index in [2.05, 4.69) is 11.5 Å². The van der Waals surface area contributed by atoms with Crippen LogP contribution in [0.1, 0.15) is 26.7 Å². The fourth-order valence-corrected chi connectivity index (χ4v) is 2.92. The number of nitrogens with two attached hydrogens (primary N) is 1. The van der Waals surface area contributed by atoms with Crippen molar-refractivity contribution in [2.45, 2.75) is 38.3 Å². The Morgan fingerprint density at radius 3 is 2.75 bits per heavy atom. The van der Waals surface area contributed by atoms with Gasteiger partial charge in [0.25, 0.3) is 0 Å². The number of amides is 1. The molecule has 16 heavy (non-hydrogen) atoms. The number of hydrogen-bond donors (Lipinski definition) is 2. The third-order valence-corrected chi connectivity index (χ3v) is 4.20. The molecule has 0 saturated carbocycles. The van der Waals surface area contributed by atoms with Gasteiger partial charge >= 0.3 is 0 Å². The molecule has 0 bridgehead atoms. The molecule has 0 aromatic carbocycles.